The molecule has 0 radical (unpaired) electrons. The fraction of sp³-hybridized carbons (Fsp3) is 0.562. The number of likely N-dealkylation sites (tertiary alicyclic amines) is 1. The summed E-state index contributed by atoms with van der Waals surface area (Å²) in [4.78, 5) is 13.9. The van der Waals surface area contributed by atoms with E-state index in [-0.39, 0.29) is 18.3 Å². The van der Waals surface area contributed by atoms with Crippen molar-refractivity contribution in [2.24, 2.45) is 0 Å². The van der Waals surface area contributed by atoms with E-state index in [0.29, 0.717) is 18.5 Å². The van der Waals surface area contributed by atoms with Gasteiger partial charge in [0.15, 0.2) is 0 Å². The fourth-order valence-corrected chi connectivity index (χ4v) is 3.52. The molecule has 0 aliphatic carbocycles. The number of benzene rings is 1. The fourth-order valence-electron chi connectivity index (χ4n) is 2.54. The highest BCUT2D eigenvalue weighted by Crippen LogP contribution is 2.15. The van der Waals surface area contributed by atoms with Crippen molar-refractivity contribution in [1.29, 1.82) is 0 Å². The van der Waals surface area contributed by atoms with Crippen molar-refractivity contribution in [3.63, 3.8) is 0 Å². The number of hydrogen-bond acceptors (Lipinski definition) is 4. The van der Waals surface area contributed by atoms with Crippen molar-refractivity contribution in [3.8, 4) is 0 Å². The second kappa shape index (κ2) is 8.31. The summed E-state index contributed by atoms with van der Waals surface area (Å²) < 4.78 is 30.8. The van der Waals surface area contributed by atoms with Gasteiger partial charge in [0, 0.05) is 32.3 Å². The quantitative estimate of drug-likeness (QED) is 0.780. The molecule has 23 heavy (non-hydrogen) atoms. The Hall–Kier alpha value is -1.60. The van der Waals surface area contributed by atoms with Gasteiger partial charge in [0.1, 0.15) is 0 Å². The second-order valence-electron chi connectivity index (χ2n) is 5.70. The highest BCUT2D eigenvalue weighted by Gasteiger charge is 2.17. The van der Waals surface area contributed by atoms with E-state index in [1.54, 1.807) is 12.1 Å². The first-order chi connectivity index (χ1) is 11.0. The van der Waals surface area contributed by atoms with Crippen LogP contribution in [0.25, 0.3) is 0 Å². The van der Waals surface area contributed by atoms with Crippen LogP contribution in [0.1, 0.15) is 24.8 Å². The lowest BCUT2D eigenvalue weighted by molar-refractivity contribution is -0.130. The molecule has 0 aromatic heterocycles. The van der Waals surface area contributed by atoms with Crippen LogP contribution in [0.15, 0.2) is 24.3 Å². The Morgan fingerprint density at radius 3 is 2.48 bits per heavy atom. The van der Waals surface area contributed by atoms with Gasteiger partial charge >= 0.3 is 0 Å². The molecule has 1 aromatic rings. The largest absolute Gasteiger partial charge is 0.384 e. The Labute approximate surface area is 137 Å². The number of aryl methyl sites for hydroxylation is 1. The van der Waals surface area contributed by atoms with Gasteiger partial charge in [-0.05, 0) is 37.0 Å². The molecule has 2 rings (SSSR count). The summed E-state index contributed by atoms with van der Waals surface area (Å²) in [6, 6.07) is 7.15. The van der Waals surface area contributed by atoms with Gasteiger partial charge in [-0.15, -0.1) is 0 Å². The van der Waals surface area contributed by atoms with Gasteiger partial charge in [-0.3, -0.25) is 9.52 Å². The van der Waals surface area contributed by atoms with Crippen LogP contribution in [-0.4, -0.2) is 51.8 Å². The molecular formula is C16H24N2O4S. The van der Waals surface area contributed by atoms with Crippen LogP contribution in [0, 0.1) is 0 Å². The highest BCUT2D eigenvalue weighted by atomic mass is 32.2. The van der Waals surface area contributed by atoms with E-state index >= 15 is 0 Å². The van der Waals surface area contributed by atoms with E-state index in [9.17, 15) is 13.2 Å². The van der Waals surface area contributed by atoms with Crippen LogP contribution in [0.4, 0.5) is 5.69 Å². The van der Waals surface area contributed by atoms with Crippen molar-refractivity contribution in [1.82, 2.24) is 4.90 Å². The third kappa shape index (κ3) is 5.84. The van der Waals surface area contributed by atoms with Gasteiger partial charge in [0.25, 0.3) is 0 Å². The van der Waals surface area contributed by atoms with Crippen LogP contribution in [0.5, 0.6) is 0 Å². The summed E-state index contributed by atoms with van der Waals surface area (Å²) in [6.07, 6.45) is 3.37. The zero-order valence-electron chi connectivity index (χ0n) is 13.5. The number of sulfonamides is 1. The Kier molecular flexibility index (Phi) is 6.41. The van der Waals surface area contributed by atoms with Crippen molar-refractivity contribution in [2.75, 3.05) is 37.3 Å². The number of methoxy groups -OCH3 is 1. The van der Waals surface area contributed by atoms with Gasteiger partial charge in [-0.2, -0.15) is 0 Å². The summed E-state index contributed by atoms with van der Waals surface area (Å²) in [5.41, 5.74) is 1.55. The first-order valence-corrected chi connectivity index (χ1v) is 9.51. The number of rotatable bonds is 8. The molecule has 1 aliphatic heterocycles. The van der Waals surface area contributed by atoms with Gasteiger partial charge < -0.3 is 9.64 Å². The van der Waals surface area contributed by atoms with Crippen LogP contribution in [-0.2, 0) is 26.0 Å². The molecule has 7 heteroatoms. The Balaban J connectivity index is 1.83. The SMILES string of the molecule is COCCS(=O)(=O)Nc1ccc(CCC(=O)N2CCCC2)cc1. The zero-order valence-corrected chi connectivity index (χ0v) is 14.3. The molecule has 6 nitrogen and oxygen atoms in total. The lowest BCUT2D eigenvalue weighted by Gasteiger charge is -2.15. The van der Waals surface area contributed by atoms with Crippen molar-refractivity contribution in [3.05, 3.63) is 29.8 Å². The number of amides is 1. The maximum atomic E-state index is 12.0. The van der Waals surface area contributed by atoms with E-state index in [0.717, 1.165) is 31.5 Å². The second-order valence-corrected chi connectivity index (χ2v) is 7.54. The predicted octanol–water partition coefficient (Wildman–Crippen LogP) is 1.63. The number of anilines is 1. The van der Waals surface area contributed by atoms with Crippen LogP contribution in [0.3, 0.4) is 0 Å². The third-order valence-corrected chi connectivity index (χ3v) is 5.12. The Morgan fingerprint density at radius 2 is 1.87 bits per heavy atom. The topological polar surface area (TPSA) is 75.7 Å². The molecule has 0 atom stereocenters. The molecule has 1 amide bonds. The standard InChI is InChI=1S/C16H24N2O4S/c1-22-12-13-23(20,21)17-15-7-4-14(5-8-15)6-9-16(19)18-10-2-3-11-18/h4-5,7-8,17H,2-3,6,9-13H2,1H3. The predicted molar refractivity (Wildman–Crippen MR) is 89.9 cm³/mol. The molecule has 0 saturated carbocycles. The van der Waals surface area contributed by atoms with Crippen LogP contribution < -0.4 is 4.72 Å². The molecule has 128 valence electrons. The average molecular weight is 340 g/mol. The third-order valence-electron chi connectivity index (χ3n) is 3.87. The Morgan fingerprint density at radius 1 is 1.22 bits per heavy atom. The number of ether oxygens (including phenoxy) is 1. The summed E-state index contributed by atoms with van der Waals surface area (Å²) in [7, 11) is -1.92. The smallest absolute Gasteiger partial charge is 0.234 e. The van der Waals surface area contributed by atoms with Gasteiger partial charge in [0.05, 0.1) is 12.4 Å². The van der Waals surface area contributed by atoms with E-state index in [1.165, 1.54) is 7.11 Å². The summed E-state index contributed by atoms with van der Waals surface area (Å²) >= 11 is 0. The van der Waals surface area contributed by atoms with Crippen LogP contribution >= 0.6 is 0 Å². The van der Waals surface area contributed by atoms with Crippen molar-refractivity contribution in [2.45, 2.75) is 25.7 Å². The first kappa shape index (κ1) is 17.7. The van der Waals surface area contributed by atoms with Crippen LogP contribution in [0.2, 0.25) is 0 Å². The first-order valence-electron chi connectivity index (χ1n) is 7.86. The maximum Gasteiger partial charge on any atom is 0.234 e. The van der Waals surface area contributed by atoms with Gasteiger partial charge in [-0.25, -0.2) is 8.42 Å². The minimum atomic E-state index is -3.38. The lowest BCUT2D eigenvalue weighted by Crippen LogP contribution is -2.27. The molecule has 1 saturated heterocycles. The number of nitrogens with zero attached hydrogens (tertiary/aromatic N) is 1. The molecule has 1 fully saturated rings. The van der Waals surface area contributed by atoms with Crippen molar-refractivity contribution >= 4 is 21.6 Å². The van der Waals surface area contributed by atoms with Crippen molar-refractivity contribution < 1.29 is 17.9 Å². The maximum absolute atomic E-state index is 12.0. The number of carbonyl (C=O) groups excluding carboxylic acids is 1. The number of nitrogens with one attached hydrogen (secondary N) is 1. The molecule has 1 N–H and O–H groups in total. The minimum Gasteiger partial charge on any atom is -0.384 e. The summed E-state index contributed by atoms with van der Waals surface area (Å²) in [5, 5.41) is 0. The zero-order chi connectivity index (χ0) is 16.7. The molecular weight excluding hydrogens is 316 g/mol. The number of carbonyl (C=O) groups is 1. The molecule has 1 heterocycles. The molecule has 1 aromatic carbocycles. The monoisotopic (exact) mass is 340 g/mol. The van der Waals surface area contributed by atoms with Gasteiger partial charge in [-0.1, -0.05) is 12.1 Å². The van der Waals surface area contributed by atoms with Gasteiger partial charge in [0.2, 0.25) is 15.9 Å². The van der Waals surface area contributed by atoms with E-state index in [4.69, 9.17) is 4.74 Å². The molecule has 1 aliphatic rings. The summed E-state index contributed by atoms with van der Waals surface area (Å²) in [5.74, 6) is 0.127. The lowest BCUT2D eigenvalue weighted by atomic mass is 10.1. The van der Waals surface area contributed by atoms with E-state index in [1.807, 2.05) is 17.0 Å². The molecule has 0 spiro atoms. The minimum absolute atomic E-state index is 0.0738. The summed E-state index contributed by atoms with van der Waals surface area (Å²) in [6.45, 7) is 1.91. The van der Waals surface area contributed by atoms with E-state index in [2.05, 4.69) is 4.72 Å². The highest BCUT2D eigenvalue weighted by molar-refractivity contribution is 7.92. The average Bonchev–Trinajstić information content (AvgIpc) is 3.06. The van der Waals surface area contributed by atoms with E-state index < -0.39 is 10.0 Å². The molecule has 0 unspecified atom stereocenters. The Bertz CT molecular complexity index is 607. The molecule has 0 bridgehead atoms. The number of hydrogen-bond donors (Lipinski definition) is 1. The normalized spacial score (nSPS) is 14.9.